The van der Waals surface area contributed by atoms with Crippen LogP contribution in [-0.2, 0) is 11.3 Å². The van der Waals surface area contributed by atoms with Crippen molar-refractivity contribution in [2.75, 3.05) is 11.1 Å². The standard InChI is InChI=1S/C22H25ClN4OS/c1-5-27-21(17-11-9-16(10-12-17)14(2)3)25-26-22(27)29-13-20(28)24-19-8-6-7-18(23)15(19)4/h6-12,14H,5,13H2,1-4H3,(H,24,28). The molecule has 1 amide bonds. The highest BCUT2D eigenvalue weighted by Gasteiger charge is 2.15. The molecule has 0 atom stereocenters. The van der Waals surface area contributed by atoms with Gasteiger partial charge in [-0.15, -0.1) is 10.2 Å². The third-order valence-corrected chi connectivity index (χ3v) is 6.12. The molecule has 0 saturated heterocycles. The van der Waals surface area contributed by atoms with Crippen LogP contribution in [0, 0.1) is 6.92 Å². The monoisotopic (exact) mass is 428 g/mol. The summed E-state index contributed by atoms with van der Waals surface area (Å²) in [5.41, 5.74) is 3.90. The van der Waals surface area contributed by atoms with Crippen LogP contribution in [0.5, 0.6) is 0 Å². The number of aromatic nitrogens is 3. The number of thioether (sulfide) groups is 1. The van der Waals surface area contributed by atoms with Gasteiger partial charge in [-0.2, -0.15) is 0 Å². The average Bonchev–Trinajstić information content (AvgIpc) is 3.13. The fourth-order valence-electron chi connectivity index (χ4n) is 2.97. The minimum absolute atomic E-state index is 0.103. The van der Waals surface area contributed by atoms with E-state index in [0.717, 1.165) is 34.3 Å². The van der Waals surface area contributed by atoms with Gasteiger partial charge in [0.05, 0.1) is 5.75 Å². The summed E-state index contributed by atoms with van der Waals surface area (Å²) in [6.07, 6.45) is 0. The molecule has 0 aliphatic rings. The Kier molecular flexibility index (Phi) is 6.98. The van der Waals surface area contributed by atoms with Crippen molar-refractivity contribution < 1.29 is 4.79 Å². The molecule has 0 aliphatic heterocycles. The molecule has 0 aliphatic carbocycles. The topological polar surface area (TPSA) is 59.8 Å². The Bertz CT molecular complexity index is 999. The Hall–Kier alpha value is -2.31. The maximum atomic E-state index is 12.4. The molecule has 5 nitrogen and oxygen atoms in total. The zero-order valence-electron chi connectivity index (χ0n) is 17.1. The van der Waals surface area contributed by atoms with Crippen LogP contribution in [-0.4, -0.2) is 26.4 Å². The second kappa shape index (κ2) is 9.46. The van der Waals surface area contributed by atoms with E-state index in [1.807, 2.05) is 23.6 Å². The van der Waals surface area contributed by atoms with Crippen molar-refractivity contribution >= 4 is 35.0 Å². The lowest BCUT2D eigenvalue weighted by Crippen LogP contribution is -2.15. The summed E-state index contributed by atoms with van der Waals surface area (Å²) in [7, 11) is 0. The molecule has 7 heteroatoms. The molecule has 1 heterocycles. The van der Waals surface area contributed by atoms with Crippen molar-refractivity contribution in [1.82, 2.24) is 14.8 Å². The predicted molar refractivity (Wildman–Crippen MR) is 121 cm³/mol. The summed E-state index contributed by atoms with van der Waals surface area (Å²) in [5.74, 6) is 1.45. The Labute approximate surface area is 180 Å². The van der Waals surface area contributed by atoms with Gasteiger partial charge in [-0.05, 0) is 43.0 Å². The molecule has 0 fully saturated rings. The summed E-state index contributed by atoms with van der Waals surface area (Å²) in [6.45, 7) is 9.01. The fraction of sp³-hybridized carbons (Fsp3) is 0.318. The van der Waals surface area contributed by atoms with Crippen molar-refractivity contribution in [1.29, 1.82) is 0 Å². The number of nitrogens with zero attached hydrogens (tertiary/aromatic N) is 3. The van der Waals surface area contributed by atoms with Crippen LogP contribution >= 0.6 is 23.4 Å². The fourth-order valence-corrected chi connectivity index (χ4v) is 3.95. The van der Waals surface area contributed by atoms with Gasteiger partial charge in [0, 0.05) is 22.8 Å². The van der Waals surface area contributed by atoms with E-state index in [1.165, 1.54) is 17.3 Å². The summed E-state index contributed by atoms with van der Waals surface area (Å²) in [6, 6.07) is 13.9. The highest BCUT2D eigenvalue weighted by atomic mass is 35.5. The summed E-state index contributed by atoms with van der Waals surface area (Å²) >= 11 is 7.50. The summed E-state index contributed by atoms with van der Waals surface area (Å²) < 4.78 is 2.03. The third-order valence-electron chi connectivity index (χ3n) is 4.74. The lowest BCUT2D eigenvalue weighted by molar-refractivity contribution is -0.113. The quantitative estimate of drug-likeness (QED) is 0.484. The highest BCUT2D eigenvalue weighted by Crippen LogP contribution is 2.27. The highest BCUT2D eigenvalue weighted by molar-refractivity contribution is 7.99. The van der Waals surface area contributed by atoms with Crippen LogP contribution in [0.25, 0.3) is 11.4 Å². The molecule has 1 aromatic heterocycles. The molecule has 3 aromatic rings. The smallest absolute Gasteiger partial charge is 0.234 e. The molecule has 0 spiro atoms. The van der Waals surface area contributed by atoms with E-state index in [4.69, 9.17) is 11.6 Å². The predicted octanol–water partition coefficient (Wildman–Crippen LogP) is 5.78. The second-order valence-corrected chi connectivity index (χ2v) is 8.43. The largest absolute Gasteiger partial charge is 0.325 e. The van der Waals surface area contributed by atoms with Crippen LogP contribution in [0.2, 0.25) is 5.02 Å². The van der Waals surface area contributed by atoms with Crippen molar-refractivity contribution in [2.45, 2.75) is 45.3 Å². The summed E-state index contributed by atoms with van der Waals surface area (Å²) in [5, 5.41) is 12.9. The van der Waals surface area contributed by atoms with Crippen molar-refractivity contribution in [3.63, 3.8) is 0 Å². The number of nitrogens with one attached hydrogen (secondary N) is 1. The lowest BCUT2D eigenvalue weighted by atomic mass is 10.0. The minimum atomic E-state index is -0.103. The molecular weight excluding hydrogens is 404 g/mol. The van der Waals surface area contributed by atoms with Crippen LogP contribution in [0.3, 0.4) is 0 Å². The number of carbonyl (C=O) groups excluding carboxylic acids is 1. The van der Waals surface area contributed by atoms with Gasteiger partial charge in [0.15, 0.2) is 11.0 Å². The number of amides is 1. The first-order valence-corrected chi connectivity index (χ1v) is 11.0. The van der Waals surface area contributed by atoms with E-state index in [0.29, 0.717) is 10.9 Å². The lowest BCUT2D eigenvalue weighted by Gasteiger charge is -2.10. The Morgan fingerprint density at radius 3 is 2.55 bits per heavy atom. The third kappa shape index (κ3) is 5.00. The summed E-state index contributed by atoms with van der Waals surface area (Å²) in [4.78, 5) is 12.4. The van der Waals surface area contributed by atoms with Gasteiger partial charge < -0.3 is 9.88 Å². The van der Waals surface area contributed by atoms with Crippen molar-refractivity contribution in [3.05, 3.63) is 58.6 Å². The van der Waals surface area contributed by atoms with Crippen LogP contribution < -0.4 is 5.32 Å². The van der Waals surface area contributed by atoms with E-state index >= 15 is 0 Å². The van der Waals surface area contributed by atoms with Gasteiger partial charge in [-0.3, -0.25) is 4.79 Å². The molecular formula is C22H25ClN4OS. The van der Waals surface area contributed by atoms with Gasteiger partial charge >= 0.3 is 0 Å². The number of hydrogen-bond acceptors (Lipinski definition) is 4. The first kappa shape index (κ1) is 21.4. The zero-order valence-corrected chi connectivity index (χ0v) is 18.6. The minimum Gasteiger partial charge on any atom is -0.325 e. The Balaban J connectivity index is 1.70. The second-order valence-electron chi connectivity index (χ2n) is 7.08. The van der Waals surface area contributed by atoms with Gasteiger partial charge in [-0.1, -0.05) is 67.5 Å². The zero-order chi connectivity index (χ0) is 21.0. The number of carbonyl (C=O) groups is 1. The van der Waals surface area contributed by atoms with Crippen molar-refractivity contribution in [2.24, 2.45) is 0 Å². The van der Waals surface area contributed by atoms with E-state index in [1.54, 1.807) is 6.07 Å². The van der Waals surface area contributed by atoms with Crippen LogP contribution in [0.15, 0.2) is 47.6 Å². The average molecular weight is 429 g/mol. The molecule has 2 aromatic carbocycles. The van der Waals surface area contributed by atoms with Crippen LogP contribution in [0.4, 0.5) is 5.69 Å². The van der Waals surface area contributed by atoms with E-state index in [-0.39, 0.29) is 11.7 Å². The molecule has 29 heavy (non-hydrogen) atoms. The van der Waals surface area contributed by atoms with Gasteiger partial charge in [0.25, 0.3) is 0 Å². The number of hydrogen-bond donors (Lipinski definition) is 1. The molecule has 0 radical (unpaired) electrons. The molecule has 1 N–H and O–H groups in total. The van der Waals surface area contributed by atoms with Gasteiger partial charge in [0.2, 0.25) is 5.91 Å². The van der Waals surface area contributed by atoms with Gasteiger partial charge in [-0.25, -0.2) is 0 Å². The first-order chi connectivity index (χ1) is 13.9. The number of rotatable bonds is 7. The van der Waals surface area contributed by atoms with Crippen molar-refractivity contribution in [3.8, 4) is 11.4 Å². The molecule has 152 valence electrons. The van der Waals surface area contributed by atoms with Crippen LogP contribution in [0.1, 0.15) is 37.8 Å². The Morgan fingerprint density at radius 2 is 1.90 bits per heavy atom. The molecule has 3 rings (SSSR count). The molecule has 0 bridgehead atoms. The van der Waals surface area contributed by atoms with Gasteiger partial charge in [0.1, 0.15) is 0 Å². The SMILES string of the molecule is CCn1c(SCC(=O)Nc2cccc(Cl)c2C)nnc1-c1ccc(C(C)C)cc1. The van der Waals surface area contributed by atoms with E-state index in [2.05, 4.69) is 60.6 Å². The Morgan fingerprint density at radius 1 is 1.17 bits per heavy atom. The maximum absolute atomic E-state index is 12.4. The van der Waals surface area contributed by atoms with E-state index in [9.17, 15) is 4.79 Å². The normalized spacial score (nSPS) is 11.1. The number of anilines is 1. The molecule has 0 unspecified atom stereocenters. The number of benzene rings is 2. The maximum Gasteiger partial charge on any atom is 0.234 e. The van der Waals surface area contributed by atoms with E-state index < -0.39 is 0 Å². The number of halogens is 1. The molecule has 0 saturated carbocycles. The first-order valence-electron chi connectivity index (χ1n) is 9.62.